The molecule has 0 saturated heterocycles. The van der Waals surface area contributed by atoms with E-state index in [2.05, 4.69) is 36.6 Å². The molecule has 0 aromatic heterocycles. The molecule has 0 aliphatic rings. The Balaban J connectivity index is 2.39. The van der Waals surface area contributed by atoms with Crippen molar-refractivity contribution in [1.82, 2.24) is 5.32 Å². The summed E-state index contributed by atoms with van der Waals surface area (Å²) in [4.78, 5) is 11.5. The van der Waals surface area contributed by atoms with E-state index in [0.717, 1.165) is 5.69 Å². The van der Waals surface area contributed by atoms with Gasteiger partial charge in [-0.15, -0.1) is 0 Å². The number of benzene rings is 1. The molecule has 18 heavy (non-hydrogen) atoms. The molecule has 3 nitrogen and oxygen atoms in total. The van der Waals surface area contributed by atoms with Crippen LogP contribution in [0.15, 0.2) is 24.3 Å². The van der Waals surface area contributed by atoms with E-state index in [-0.39, 0.29) is 11.9 Å². The maximum Gasteiger partial charge on any atom is 0.221 e. The summed E-state index contributed by atoms with van der Waals surface area (Å²) in [5.74, 6) is 0.619. The number of carbonyl (C=O) groups excluding carboxylic acids is 1. The fourth-order valence-electron chi connectivity index (χ4n) is 1.72. The lowest BCUT2D eigenvalue weighted by Gasteiger charge is -2.11. The molecule has 0 aliphatic heterocycles. The first-order chi connectivity index (χ1) is 8.49. The first kappa shape index (κ1) is 14.6. The molecule has 1 amide bonds. The average Bonchev–Trinajstić information content (AvgIpc) is 2.28. The largest absolute Gasteiger partial charge is 0.385 e. The molecular formula is C15H24N2O. The lowest BCUT2D eigenvalue weighted by molar-refractivity contribution is -0.121. The molecule has 0 fully saturated rings. The third-order valence-corrected chi connectivity index (χ3v) is 2.68. The molecule has 0 aliphatic carbocycles. The van der Waals surface area contributed by atoms with Crippen molar-refractivity contribution in [2.75, 3.05) is 11.9 Å². The van der Waals surface area contributed by atoms with Crippen LogP contribution in [0.1, 0.15) is 45.6 Å². The number of rotatable bonds is 6. The van der Waals surface area contributed by atoms with Crippen LogP contribution in [0.3, 0.4) is 0 Å². The minimum absolute atomic E-state index is 0.0949. The summed E-state index contributed by atoms with van der Waals surface area (Å²) in [5, 5.41) is 6.16. The van der Waals surface area contributed by atoms with Gasteiger partial charge in [0.25, 0.3) is 0 Å². The number of amides is 1. The standard InChI is InChI=1S/C15H24N2O/c1-11(2)13-6-5-7-14(10-13)16-9-8-15(18)17-12(3)4/h5-7,10-12,16H,8-9H2,1-4H3,(H,17,18). The highest BCUT2D eigenvalue weighted by molar-refractivity contribution is 5.76. The summed E-state index contributed by atoms with van der Waals surface area (Å²) in [5.41, 5.74) is 2.39. The Morgan fingerprint density at radius 1 is 1.22 bits per heavy atom. The van der Waals surface area contributed by atoms with Gasteiger partial charge in [-0.05, 0) is 37.5 Å². The number of hydrogen-bond acceptors (Lipinski definition) is 2. The third-order valence-electron chi connectivity index (χ3n) is 2.68. The van der Waals surface area contributed by atoms with E-state index in [9.17, 15) is 4.79 Å². The summed E-state index contributed by atoms with van der Waals surface area (Å²) >= 11 is 0. The maximum atomic E-state index is 11.5. The first-order valence-electron chi connectivity index (χ1n) is 6.62. The second-order valence-corrected chi connectivity index (χ2v) is 5.18. The van der Waals surface area contributed by atoms with Crippen LogP contribution in [-0.4, -0.2) is 18.5 Å². The molecule has 1 aromatic carbocycles. The SMILES string of the molecule is CC(C)NC(=O)CCNc1cccc(C(C)C)c1. The predicted octanol–water partition coefficient (Wildman–Crippen LogP) is 3.14. The lowest BCUT2D eigenvalue weighted by atomic mass is 10.0. The quantitative estimate of drug-likeness (QED) is 0.812. The minimum atomic E-state index is 0.0949. The van der Waals surface area contributed by atoms with Crippen LogP contribution in [-0.2, 0) is 4.79 Å². The van der Waals surface area contributed by atoms with Gasteiger partial charge in [0.1, 0.15) is 0 Å². The van der Waals surface area contributed by atoms with Crippen LogP contribution < -0.4 is 10.6 Å². The van der Waals surface area contributed by atoms with E-state index in [1.54, 1.807) is 0 Å². The summed E-state index contributed by atoms with van der Waals surface area (Å²) in [6.45, 7) is 8.96. The molecule has 0 heterocycles. The van der Waals surface area contributed by atoms with Crippen LogP contribution >= 0.6 is 0 Å². The van der Waals surface area contributed by atoms with E-state index in [4.69, 9.17) is 0 Å². The number of anilines is 1. The normalized spacial score (nSPS) is 10.8. The fraction of sp³-hybridized carbons (Fsp3) is 0.533. The van der Waals surface area contributed by atoms with E-state index in [1.807, 2.05) is 26.0 Å². The molecule has 1 aromatic rings. The summed E-state index contributed by atoms with van der Waals surface area (Å²) < 4.78 is 0. The minimum Gasteiger partial charge on any atom is -0.385 e. The van der Waals surface area contributed by atoms with E-state index in [1.165, 1.54) is 5.56 Å². The highest BCUT2D eigenvalue weighted by atomic mass is 16.1. The van der Waals surface area contributed by atoms with Crippen molar-refractivity contribution in [3.63, 3.8) is 0 Å². The van der Waals surface area contributed by atoms with Crippen LogP contribution in [0, 0.1) is 0 Å². The summed E-state index contributed by atoms with van der Waals surface area (Å²) in [7, 11) is 0. The number of carbonyl (C=O) groups is 1. The van der Waals surface area contributed by atoms with Gasteiger partial charge in [0, 0.05) is 24.7 Å². The van der Waals surface area contributed by atoms with Gasteiger partial charge >= 0.3 is 0 Å². The topological polar surface area (TPSA) is 41.1 Å². The zero-order chi connectivity index (χ0) is 13.5. The van der Waals surface area contributed by atoms with Crippen molar-refractivity contribution < 1.29 is 4.79 Å². The Morgan fingerprint density at radius 2 is 1.94 bits per heavy atom. The Hall–Kier alpha value is -1.51. The van der Waals surface area contributed by atoms with Gasteiger partial charge in [0.15, 0.2) is 0 Å². The van der Waals surface area contributed by atoms with Crippen molar-refractivity contribution in [3.05, 3.63) is 29.8 Å². The molecule has 0 bridgehead atoms. The Labute approximate surface area is 110 Å². The smallest absolute Gasteiger partial charge is 0.221 e. The van der Waals surface area contributed by atoms with Gasteiger partial charge in [-0.25, -0.2) is 0 Å². The van der Waals surface area contributed by atoms with Gasteiger partial charge in [-0.1, -0.05) is 26.0 Å². The van der Waals surface area contributed by atoms with E-state index >= 15 is 0 Å². The molecule has 100 valence electrons. The Morgan fingerprint density at radius 3 is 2.56 bits per heavy atom. The highest BCUT2D eigenvalue weighted by Gasteiger charge is 2.03. The van der Waals surface area contributed by atoms with Gasteiger partial charge in [-0.3, -0.25) is 4.79 Å². The zero-order valence-electron chi connectivity index (χ0n) is 11.8. The second kappa shape index (κ2) is 7.04. The lowest BCUT2D eigenvalue weighted by Crippen LogP contribution is -2.31. The van der Waals surface area contributed by atoms with E-state index < -0.39 is 0 Å². The average molecular weight is 248 g/mol. The molecule has 0 radical (unpaired) electrons. The van der Waals surface area contributed by atoms with Crippen molar-refractivity contribution >= 4 is 11.6 Å². The molecular weight excluding hydrogens is 224 g/mol. The van der Waals surface area contributed by atoms with Crippen LogP contribution in [0.2, 0.25) is 0 Å². The second-order valence-electron chi connectivity index (χ2n) is 5.18. The van der Waals surface area contributed by atoms with Gasteiger partial charge < -0.3 is 10.6 Å². The zero-order valence-corrected chi connectivity index (χ0v) is 11.8. The fourth-order valence-corrected chi connectivity index (χ4v) is 1.72. The third kappa shape index (κ3) is 5.21. The van der Waals surface area contributed by atoms with Crippen LogP contribution in [0.4, 0.5) is 5.69 Å². The molecule has 0 atom stereocenters. The molecule has 0 unspecified atom stereocenters. The van der Waals surface area contributed by atoms with Crippen molar-refractivity contribution in [1.29, 1.82) is 0 Å². The summed E-state index contributed by atoms with van der Waals surface area (Å²) in [6.07, 6.45) is 0.504. The van der Waals surface area contributed by atoms with Crippen LogP contribution in [0.5, 0.6) is 0 Å². The number of hydrogen-bond donors (Lipinski definition) is 2. The molecule has 0 saturated carbocycles. The van der Waals surface area contributed by atoms with E-state index in [0.29, 0.717) is 18.9 Å². The Bertz CT molecular complexity index is 386. The van der Waals surface area contributed by atoms with Crippen molar-refractivity contribution in [3.8, 4) is 0 Å². The highest BCUT2D eigenvalue weighted by Crippen LogP contribution is 2.18. The monoisotopic (exact) mass is 248 g/mol. The maximum absolute atomic E-state index is 11.5. The number of nitrogens with one attached hydrogen (secondary N) is 2. The molecule has 1 rings (SSSR count). The van der Waals surface area contributed by atoms with Gasteiger partial charge in [0.05, 0.1) is 0 Å². The van der Waals surface area contributed by atoms with Crippen molar-refractivity contribution in [2.24, 2.45) is 0 Å². The van der Waals surface area contributed by atoms with Crippen molar-refractivity contribution in [2.45, 2.75) is 46.1 Å². The van der Waals surface area contributed by atoms with Gasteiger partial charge in [-0.2, -0.15) is 0 Å². The Kier molecular flexibility index (Phi) is 5.69. The van der Waals surface area contributed by atoms with Gasteiger partial charge in [0.2, 0.25) is 5.91 Å². The summed E-state index contributed by atoms with van der Waals surface area (Å²) in [6, 6.07) is 8.56. The molecule has 2 N–H and O–H groups in total. The molecule has 3 heteroatoms. The first-order valence-corrected chi connectivity index (χ1v) is 6.62. The van der Waals surface area contributed by atoms with Crippen LogP contribution in [0.25, 0.3) is 0 Å². The predicted molar refractivity (Wildman–Crippen MR) is 76.9 cm³/mol. The molecule has 0 spiro atoms.